The lowest BCUT2D eigenvalue weighted by Gasteiger charge is -2.16. The van der Waals surface area contributed by atoms with Crippen LogP contribution in [0.2, 0.25) is 5.02 Å². The number of pyridine rings is 1. The summed E-state index contributed by atoms with van der Waals surface area (Å²) in [6.07, 6.45) is -3.60. The molecule has 0 bridgehead atoms. The molecule has 0 aliphatic heterocycles. The Morgan fingerprint density at radius 3 is 2.31 bits per heavy atom. The molecule has 0 spiro atoms. The van der Waals surface area contributed by atoms with Gasteiger partial charge < -0.3 is 0 Å². The average molecular weight is 382 g/mol. The van der Waals surface area contributed by atoms with Crippen molar-refractivity contribution in [3.05, 3.63) is 22.8 Å². The molecule has 0 aliphatic carbocycles. The average Bonchev–Trinajstić information content (AvgIpc) is 2.04. The van der Waals surface area contributed by atoms with E-state index in [1.807, 2.05) is 13.8 Å². The third-order valence-electron chi connectivity index (χ3n) is 1.47. The van der Waals surface area contributed by atoms with Crippen LogP contribution in [0.15, 0.2) is 17.3 Å². The van der Waals surface area contributed by atoms with Gasteiger partial charge in [0.2, 0.25) is 0 Å². The van der Waals surface area contributed by atoms with E-state index in [0.29, 0.717) is 5.03 Å². The molecule has 0 fully saturated rings. The smallest absolute Gasteiger partial charge is 0.248 e. The van der Waals surface area contributed by atoms with Crippen molar-refractivity contribution >= 4 is 46.0 Å². The Bertz CT molecular complexity index is 389. The van der Waals surface area contributed by atoms with Crippen LogP contribution in [0.25, 0.3) is 0 Å². The summed E-state index contributed by atoms with van der Waals surface area (Å²) in [5, 5.41) is 0.443. The van der Waals surface area contributed by atoms with Crippen molar-refractivity contribution in [1.29, 1.82) is 0 Å². The second-order valence-corrected chi connectivity index (χ2v) is 8.92. The van der Waals surface area contributed by atoms with Gasteiger partial charge in [0, 0.05) is 6.20 Å². The number of thioether (sulfide) groups is 1. The van der Waals surface area contributed by atoms with Crippen molar-refractivity contribution in [2.75, 3.05) is 0 Å². The van der Waals surface area contributed by atoms with Gasteiger partial charge in [0.1, 0.15) is 5.03 Å². The van der Waals surface area contributed by atoms with Crippen LogP contribution >= 0.6 is 46.0 Å². The highest BCUT2D eigenvalue weighted by Gasteiger charge is 2.32. The minimum Gasteiger partial charge on any atom is -0.248 e. The lowest BCUT2D eigenvalue weighted by atomic mass is 10.3. The maximum Gasteiger partial charge on any atom is 0.417 e. The fraction of sp³-hybridized carbons (Fsp3) is 0.444. The molecule has 16 heavy (non-hydrogen) atoms. The zero-order valence-corrected chi connectivity index (χ0v) is 12.1. The van der Waals surface area contributed by atoms with E-state index in [-0.39, 0.29) is 7.78 Å². The van der Waals surface area contributed by atoms with Crippen molar-refractivity contribution in [2.24, 2.45) is 0 Å². The Kier molecular flexibility index (Phi) is 4.40. The lowest BCUT2D eigenvalue weighted by Crippen LogP contribution is -2.07. The summed E-state index contributed by atoms with van der Waals surface area (Å²) in [5.74, 6) is 0. The molecule has 90 valence electrons. The summed E-state index contributed by atoms with van der Waals surface area (Å²) in [7, 11) is 0. The number of alkyl halides is 4. The Morgan fingerprint density at radius 2 is 1.94 bits per heavy atom. The number of halogens is 5. The zero-order valence-electron chi connectivity index (χ0n) is 8.40. The Balaban J connectivity index is 3.01. The second kappa shape index (κ2) is 4.89. The third-order valence-corrected chi connectivity index (χ3v) is 3.54. The molecule has 1 aromatic rings. The Hall–Kier alpha value is 0.310. The molecular formula is C9H8ClF3INS. The predicted octanol–water partition coefficient (Wildman–Crippen LogP) is 5.02. The van der Waals surface area contributed by atoms with E-state index in [1.165, 1.54) is 11.8 Å². The van der Waals surface area contributed by atoms with Crippen molar-refractivity contribution in [2.45, 2.75) is 27.8 Å². The highest BCUT2D eigenvalue weighted by Crippen LogP contribution is 2.41. The summed E-state index contributed by atoms with van der Waals surface area (Å²) in [5.41, 5.74) is -0.826. The fourth-order valence-corrected chi connectivity index (χ4v) is 2.51. The van der Waals surface area contributed by atoms with Crippen LogP contribution in [0.5, 0.6) is 0 Å². The molecule has 0 unspecified atom stereocenters. The molecule has 0 amide bonds. The Morgan fingerprint density at radius 1 is 1.38 bits per heavy atom. The highest BCUT2D eigenvalue weighted by atomic mass is 127. The van der Waals surface area contributed by atoms with E-state index in [2.05, 4.69) is 27.6 Å². The van der Waals surface area contributed by atoms with Gasteiger partial charge in [-0.1, -0.05) is 46.0 Å². The maximum atomic E-state index is 12.3. The van der Waals surface area contributed by atoms with Crippen LogP contribution < -0.4 is 0 Å². The minimum absolute atomic E-state index is 0.0320. The predicted molar refractivity (Wildman–Crippen MR) is 68.2 cm³/mol. The van der Waals surface area contributed by atoms with Gasteiger partial charge >= 0.3 is 6.18 Å². The van der Waals surface area contributed by atoms with Gasteiger partial charge in [-0.2, -0.15) is 13.2 Å². The van der Waals surface area contributed by atoms with E-state index in [1.54, 1.807) is 0 Å². The normalized spacial score (nSPS) is 12.9. The zero-order chi connectivity index (χ0) is 12.6. The van der Waals surface area contributed by atoms with E-state index < -0.39 is 11.7 Å². The summed E-state index contributed by atoms with van der Waals surface area (Å²) >= 11 is 9.24. The van der Waals surface area contributed by atoms with Crippen LogP contribution in [0, 0.1) is 0 Å². The SMILES string of the molecule is CC(C)(I)Sc1ncc(C(F)(F)F)cc1Cl. The van der Waals surface area contributed by atoms with Gasteiger partial charge in [-0.25, -0.2) is 4.98 Å². The highest BCUT2D eigenvalue weighted by molar-refractivity contribution is 14.1. The second-order valence-electron chi connectivity index (χ2n) is 3.47. The monoisotopic (exact) mass is 381 g/mol. The van der Waals surface area contributed by atoms with Crippen LogP contribution in [-0.4, -0.2) is 7.74 Å². The molecule has 0 saturated heterocycles. The molecule has 0 atom stereocenters. The first-order chi connectivity index (χ1) is 7.09. The van der Waals surface area contributed by atoms with Crippen molar-refractivity contribution in [3.63, 3.8) is 0 Å². The van der Waals surface area contributed by atoms with E-state index in [9.17, 15) is 13.2 Å². The molecule has 0 aromatic carbocycles. The largest absolute Gasteiger partial charge is 0.417 e. The number of nitrogens with zero attached hydrogens (tertiary/aromatic N) is 1. The van der Waals surface area contributed by atoms with Crippen LogP contribution in [0.4, 0.5) is 13.2 Å². The van der Waals surface area contributed by atoms with Gasteiger partial charge in [-0.05, 0) is 19.9 Å². The first kappa shape index (κ1) is 14.4. The molecule has 0 radical (unpaired) electrons. The van der Waals surface area contributed by atoms with E-state index in [0.717, 1.165) is 12.3 Å². The van der Waals surface area contributed by atoms with Crippen LogP contribution in [-0.2, 0) is 6.18 Å². The van der Waals surface area contributed by atoms with Crippen LogP contribution in [0.3, 0.4) is 0 Å². The maximum absolute atomic E-state index is 12.3. The van der Waals surface area contributed by atoms with Gasteiger partial charge in [-0.3, -0.25) is 0 Å². The summed E-state index contributed by atoms with van der Waals surface area (Å²) < 4.78 is 36.8. The number of aromatic nitrogens is 1. The molecule has 0 saturated carbocycles. The molecule has 1 heterocycles. The van der Waals surface area contributed by atoms with Crippen molar-refractivity contribution < 1.29 is 13.2 Å². The molecule has 0 N–H and O–H groups in total. The number of hydrogen-bond acceptors (Lipinski definition) is 2. The molecular weight excluding hydrogens is 374 g/mol. The van der Waals surface area contributed by atoms with Gasteiger partial charge in [0.05, 0.1) is 13.3 Å². The standard InChI is InChI=1S/C9H8ClF3INS/c1-8(2,14)16-7-6(10)3-5(4-15-7)9(11,12)13/h3-4H,1-2H3. The lowest BCUT2D eigenvalue weighted by molar-refractivity contribution is -0.137. The van der Waals surface area contributed by atoms with Gasteiger partial charge in [-0.15, -0.1) is 0 Å². The first-order valence-electron chi connectivity index (χ1n) is 4.20. The number of hydrogen-bond donors (Lipinski definition) is 0. The minimum atomic E-state index is -4.40. The van der Waals surface area contributed by atoms with Gasteiger partial charge in [0.25, 0.3) is 0 Å². The molecule has 0 aliphatic rings. The summed E-state index contributed by atoms with van der Waals surface area (Å²) in [4.78, 5) is 3.74. The topological polar surface area (TPSA) is 12.9 Å². The summed E-state index contributed by atoms with van der Waals surface area (Å²) in [6.45, 7) is 3.85. The summed E-state index contributed by atoms with van der Waals surface area (Å²) in [6, 6.07) is 0.902. The fourth-order valence-electron chi connectivity index (χ4n) is 0.885. The van der Waals surface area contributed by atoms with E-state index >= 15 is 0 Å². The first-order valence-corrected chi connectivity index (χ1v) is 6.47. The number of rotatable bonds is 2. The molecule has 7 heteroatoms. The quantitative estimate of drug-likeness (QED) is 0.405. The van der Waals surface area contributed by atoms with Crippen molar-refractivity contribution in [3.8, 4) is 0 Å². The third kappa shape index (κ3) is 4.29. The van der Waals surface area contributed by atoms with Crippen molar-refractivity contribution in [1.82, 2.24) is 4.98 Å². The molecule has 1 nitrogen and oxygen atoms in total. The van der Waals surface area contributed by atoms with Crippen LogP contribution in [0.1, 0.15) is 19.4 Å². The van der Waals surface area contributed by atoms with Gasteiger partial charge in [0.15, 0.2) is 0 Å². The van der Waals surface area contributed by atoms with E-state index in [4.69, 9.17) is 11.6 Å². The molecule has 1 rings (SSSR count). The molecule has 1 aromatic heterocycles. The Labute approximate surface area is 114 Å².